The molecule has 0 atom stereocenters. The van der Waals surface area contributed by atoms with Crippen LogP contribution in [0.2, 0.25) is 0 Å². The predicted octanol–water partition coefficient (Wildman–Crippen LogP) is 3.55. The zero-order valence-corrected chi connectivity index (χ0v) is 9.84. The van der Waals surface area contributed by atoms with E-state index in [0.29, 0.717) is 6.61 Å². The van der Waals surface area contributed by atoms with Crippen molar-refractivity contribution in [1.82, 2.24) is 0 Å². The molecule has 2 aromatic carbocycles. The molecule has 2 rings (SSSR count). The van der Waals surface area contributed by atoms with E-state index >= 15 is 0 Å². The summed E-state index contributed by atoms with van der Waals surface area (Å²) in [6.07, 6.45) is 1.72. The molecule has 0 aliphatic rings. The molecule has 0 heterocycles. The van der Waals surface area contributed by atoms with Gasteiger partial charge < -0.3 is 4.84 Å². The van der Waals surface area contributed by atoms with E-state index in [4.69, 9.17) is 4.84 Å². The fourth-order valence-corrected chi connectivity index (χ4v) is 1.44. The Bertz CT molecular complexity index is 474. The second kappa shape index (κ2) is 5.85. The molecule has 0 aliphatic heterocycles. The standard InChI is InChI=1S/C15H15NO/c1-13-7-9-14(10-8-13)11-16-17-12-15-5-3-2-4-6-15/h2-11H,12H2,1H3/b16-11+. The van der Waals surface area contributed by atoms with Crippen molar-refractivity contribution >= 4 is 6.21 Å². The monoisotopic (exact) mass is 225 g/mol. The number of nitrogens with zero attached hydrogens (tertiary/aromatic N) is 1. The normalized spacial score (nSPS) is 10.6. The highest BCUT2D eigenvalue weighted by Crippen LogP contribution is 2.02. The first-order chi connectivity index (χ1) is 8.34. The van der Waals surface area contributed by atoms with E-state index in [1.807, 2.05) is 42.5 Å². The highest BCUT2D eigenvalue weighted by atomic mass is 16.6. The van der Waals surface area contributed by atoms with Crippen molar-refractivity contribution in [3.05, 3.63) is 71.3 Å². The zero-order valence-electron chi connectivity index (χ0n) is 9.84. The third-order valence-corrected chi connectivity index (χ3v) is 2.43. The molecule has 2 nitrogen and oxygen atoms in total. The lowest BCUT2D eigenvalue weighted by Crippen LogP contribution is -1.87. The summed E-state index contributed by atoms with van der Waals surface area (Å²) >= 11 is 0. The van der Waals surface area contributed by atoms with Crippen molar-refractivity contribution in [2.45, 2.75) is 13.5 Å². The Labute approximate surface area is 102 Å². The van der Waals surface area contributed by atoms with Crippen LogP contribution in [0.25, 0.3) is 0 Å². The predicted molar refractivity (Wildman–Crippen MR) is 70.0 cm³/mol. The smallest absolute Gasteiger partial charge is 0.142 e. The van der Waals surface area contributed by atoms with Gasteiger partial charge in [0, 0.05) is 0 Å². The first kappa shape index (κ1) is 11.4. The van der Waals surface area contributed by atoms with Gasteiger partial charge in [-0.25, -0.2) is 0 Å². The fraction of sp³-hybridized carbons (Fsp3) is 0.133. The number of hydrogen-bond acceptors (Lipinski definition) is 2. The van der Waals surface area contributed by atoms with Gasteiger partial charge in [0.15, 0.2) is 0 Å². The molecule has 17 heavy (non-hydrogen) atoms. The van der Waals surface area contributed by atoms with Crippen LogP contribution in [0, 0.1) is 6.92 Å². The summed E-state index contributed by atoms with van der Waals surface area (Å²) in [4.78, 5) is 5.22. The lowest BCUT2D eigenvalue weighted by molar-refractivity contribution is 0.132. The van der Waals surface area contributed by atoms with Crippen molar-refractivity contribution < 1.29 is 4.84 Å². The molecule has 0 aromatic heterocycles. The van der Waals surface area contributed by atoms with Gasteiger partial charge in [0.2, 0.25) is 0 Å². The minimum absolute atomic E-state index is 0.503. The first-order valence-corrected chi connectivity index (χ1v) is 5.60. The van der Waals surface area contributed by atoms with Gasteiger partial charge in [-0.2, -0.15) is 0 Å². The van der Waals surface area contributed by atoms with Gasteiger partial charge in [0.25, 0.3) is 0 Å². The van der Waals surface area contributed by atoms with Crippen LogP contribution in [-0.2, 0) is 11.4 Å². The Morgan fingerprint density at radius 2 is 1.71 bits per heavy atom. The Morgan fingerprint density at radius 3 is 2.41 bits per heavy atom. The topological polar surface area (TPSA) is 21.6 Å². The Balaban J connectivity index is 1.84. The van der Waals surface area contributed by atoms with Crippen molar-refractivity contribution in [1.29, 1.82) is 0 Å². The van der Waals surface area contributed by atoms with Crippen molar-refractivity contribution in [3.8, 4) is 0 Å². The third-order valence-electron chi connectivity index (χ3n) is 2.43. The van der Waals surface area contributed by atoms with Crippen LogP contribution in [-0.4, -0.2) is 6.21 Å². The van der Waals surface area contributed by atoms with Gasteiger partial charge in [-0.05, 0) is 18.1 Å². The Hall–Kier alpha value is -2.09. The molecule has 2 aromatic rings. The van der Waals surface area contributed by atoms with E-state index in [1.54, 1.807) is 6.21 Å². The second-order valence-corrected chi connectivity index (χ2v) is 3.90. The summed E-state index contributed by atoms with van der Waals surface area (Å²) in [6.45, 7) is 2.57. The number of hydrogen-bond donors (Lipinski definition) is 0. The molecule has 0 bridgehead atoms. The van der Waals surface area contributed by atoms with E-state index in [9.17, 15) is 0 Å². The summed E-state index contributed by atoms with van der Waals surface area (Å²) in [5.74, 6) is 0. The number of benzene rings is 2. The summed E-state index contributed by atoms with van der Waals surface area (Å²) in [5, 5.41) is 3.94. The van der Waals surface area contributed by atoms with E-state index in [-0.39, 0.29) is 0 Å². The quantitative estimate of drug-likeness (QED) is 0.576. The number of oxime groups is 1. The highest BCUT2D eigenvalue weighted by Gasteiger charge is 1.90. The van der Waals surface area contributed by atoms with Crippen LogP contribution < -0.4 is 0 Å². The van der Waals surface area contributed by atoms with Crippen molar-refractivity contribution in [2.75, 3.05) is 0 Å². The molecule has 0 amide bonds. The van der Waals surface area contributed by atoms with E-state index in [1.165, 1.54) is 5.56 Å². The third kappa shape index (κ3) is 3.76. The summed E-state index contributed by atoms with van der Waals surface area (Å²) in [6, 6.07) is 18.1. The molecular weight excluding hydrogens is 210 g/mol. The van der Waals surface area contributed by atoms with Gasteiger partial charge >= 0.3 is 0 Å². The summed E-state index contributed by atoms with van der Waals surface area (Å²) < 4.78 is 0. The van der Waals surface area contributed by atoms with E-state index in [2.05, 4.69) is 24.2 Å². The average Bonchev–Trinajstić information content (AvgIpc) is 2.38. The minimum Gasteiger partial charge on any atom is -0.391 e. The molecule has 0 aliphatic carbocycles. The van der Waals surface area contributed by atoms with Gasteiger partial charge in [0.05, 0.1) is 6.21 Å². The SMILES string of the molecule is Cc1ccc(/C=N/OCc2ccccc2)cc1. The second-order valence-electron chi connectivity index (χ2n) is 3.90. The van der Waals surface area contributed by atoms with E-state index < -0.39 is 0 Å². The number of aryl methyl sites for hydroxylation is 1. The molecule has 2 heteroatoms. The first-order valence-electron chi connectivity index (χ1n) is 5.60. The van der Waals surface area contributed by atoms with Crippen LogP contribution in [0.4, 0.5) is 0 Å². The fourth-order valence-electron chi connectivity index (χ4n) is 1.44. The average molecular weight is 225 g/mol. The van der Waals surface area contributed by atoms with E-state index in [0.717, 1.165) is 11.1 Å². The zero-order chi connectivity index (χ0) is 11.9. The van der Waals surface area contributed by atoms with Gasteiger partial charge in [-0.15, -0.1) is 0 Å². The maximum Gasteiger partial charge on any atom is 0.142 e. The van der Waals surface area contributed by atoms with Crippen LogP contribution in [0.5, 0.6) is 0 Å². The molecule has 0 N–H and O–H groups in total. The van der Waals surface area contributed by atoms with Crippen LogP contribution in [0.15, 0.2) is 59.8 Å². The summed E-state index contributed by atoms with van der Waals surface area (Å²) in [7, 11) is 0. The van der Waals surface area contributed by atoms with Gasteiger partial charge in [0.1, 0.15) is 6.61 Å². The molecule has 0 fully saturated rings. The van der Waals surface area contributed by atoms with Crippen LogP contribution in [0.3, 0.4) is 0 Å². The lowest BCUT2D eigenvalue weighted by Gasteiger charge is -1.99. The number of rotatable bonds is 4. The summed E-state index contributed by atoms with van der Waals surface area (Å²) in [5.41, 5.74) is 3.41. The Kier molecular flexibility index (Phi) is 3.92. The molecule has 0 radical (unpaired) electrons. The molecule has 0 unspecified atom stereocenters. The minimum atomic E-state index is 0.503. The molecular formula is C15H15NO. The van der Waals surface area contributed by atoms with Gasteiger partial charge in [-0.3, -0.25) is 0 Å². The Morgan fingerprint density at radius 1 is 1.00 bits per heavy atom. The van der Waals surface area contributed by atoms with Gasteiger partial charge in [-0.1, -0.05) is 65.3 Å². The molecule has 0 saturated carbocycles. The largest absolute Gasteiger partial charge is 0.391 e. The van der Waals surface area contributed by atoms with Crippen LogP contribution >= 0.6 is 0 Å². The van der Waals surface area contributed by atoms with Crippen LogP contribution in [0.1, 0.15) is 16.7 Å². The van der Waals surface area contributed by atoms with Crippen molar-refractivity contribution in [2.24, 2.45) is 5.16 Å². The maximum absolute atomic E-state index is 5.22. The van der Waals surface area contributed by atoms with Crippen molar-refractivity contribution in [3.63, 3.8) is 0 Å². The molecule has 0 saturated heterocycles. The maximum atomic E-state index is 5.22. The highest BCUT2D eigenvalue weighted by molar-refractivity contribution is 5.79. The lowest BCUT2D eigenvalue weighted by atomic mass is 10.2. The molecule has 86 valence electrons. The molecule has 0 spiro atoms.